The number of nitrogens with zero attached hydrogens (tertiary/aromatic N) is 2. The van der Waals surface area contributed by atoms with Gasteiger partial charge in [0, 0.05) is 30.5 Å². The van der Waals surface area contributed by atoms with Crippen molar-refractivity contribution in [3.8, 4) is 0 Å². The highest BCUT2D eigenvalue weighted by molar-refractivity contribution is 6.36. The minimum absolute atomic E-state index is 0.208. The van der Waals surface area contributed by atoms with Crippen LogP contribution in [0.25, 0.3) is 5.57 Å². The Bertz CT molecular complexity index is 1180. The van der Waals surface area contributed by atoms with Gasteiger partial charge in [-0.05, 0) is 54.4 Å². The van der Waals surface area contributed by atoms with Crippen LogP contribution in [-0.4, -0.2) is 30.8 Å². The number of hydrogen-bond donors (Lipinski definition) is 1. The summed E-state index contributed by atoms with van der Waals surface area (Å²) < 4.78 is 0. The Kier molecular flexibility index (Phi) is 6.01. The van der Waals surface area contributed by atoms with Crippen LogP contribution in [0.5, 0.6) is 0 Å². The van der Waals surface area contributed by atoms with Crippen molar-refractivity contribution in [1.82, 2.24) is 4.90 Å². The zero-order chi connectivity index (χ0) is 22.8. The van der Waals surface area contributed by atoms with Gasteiger partial charge in [-0.15, -0.1) is 0 Å². The first kappa shape index (κ1) is 21.7. The van der Waals surface area contributed by atoms with E-state index in [-0.39, 0.29) is 24.1 Å². The molecule has 0 aromatic heterocycles. The summed E-state index contributed by atoms with van der Waals surface area (Å²) in [6.45, 7) is 2.21. The third kappa shape index (κ3) is 4.39. The largest absolute Gasteiger partial charge is 0.378 e. The fourth-order valence-corrected chi connectivity index (χ4v) is 3.71. The van der Waals surface area contributed by atoms with Gasteiger partial charge in [-0.2, -0.15) is 0 Å². The van der Waals surface area contributed by atoms with Crippen molar-refractivity contribution in [2.24, 2.45) is 0 Å². The van der Waals surface area contributed by atoms with Crippen LogP contribution in [0.3, 0.4) is 0 Å². The molecule has 1 N–H and O–H groups in total. The van der Waals surface area contributed by atoms with E-state index in [1.54, 1.807) is 24.3 Å². The number of benzene rings is 3. The molecule has 3 aromatic rings. The van der Waals surface area contributed by atoms with Crippen molar-refractivity contribution < 1.29 is 9.59 Å². The fraction of sp³-hybridized carbons (Fsp3) is 0.154. The SMILES string of the molecule is Cc1ccc(CN2C(=O)C(Nc3ccc(N(C)C)cc3)=C(c3ccc(Cl)cc3)C2=O)cc1. The number of carbonyl (C=O) groups excluding carboxylic acids is 2. The van der Waals surface area contributed by atoms with E-state index in [0.717, 1.165) is 22.5 Å². The Labute approximate surface area is 192 Å². The molecule has 1 aliphatic heterocycles. The molecule has 4 rings (SSSR count). The monoisotopic (exact) mass is 445 g/mol. The molecule has 32 heavy (non-hydrogen) atoms. The molecule has 0 spiro atoms. The van der Waals surface area contributed by atoms with Gasteiger partial charge < -0.3 is 10.2 Å². The van der Waals surface area contributed by atoms with E-state index in [0.29, 0.717) is 16.2 Å². The van der Waals surface area contributed by atoms with Crippen LogP contribution >= 0.6 is 11.6 Å². The second-order valence-electron chi connectivity index (χ2n) is 8.01. The molecule has 0 saturated carbocycles. The number of anilines is 2. The van der Waals surface area contributed by atoms with Crippen LogP contribution in [0, 0.1) is 6.92 Å². The van der Waals surface area contributed by atoms with Crippen molar-refractivity contribution in [3.63, 3.8) is 0 Å². The molecule has 0 aliphatic carbocycles. The van der Waals surface area contributed by atoms with Gasteiger partial charge in [0.2, 0.25) is 0 Å². The van der Waals surface area contributed by atoms with Gasteiger partial charge in [0.05, 0.1) is 12.1 Å². The summed E-state index contributed by atoms with van der Waals surface area (Å²) >= 11 is 6.04. The number of amides is 2. The quantitative estimate of drug-likeness (QED) is 0.536. The number of nitrogens with one attached hydrogen (secondary N) is 1. The van der Waals surface area contributed by atoms with E-state index in [9.17, 15) is 9.59 Å². The second kappa shape index (κ2) is 8.89. The maximum absolute atomic E-state index is 13.4. The predicted molar refractivity (Wildman–Crippen MR) is 129 cm³/mol. The third-order valence-electron chi connectivity index (χ3n) is 5.42. The zero-order valence-electron chi connectivity index (χ0n) is 18.2. The van der Waals surface area contributed by atoms with Gasteiger partial charge in [-0.25, -0.2) is 0 Å². The van der Waals surface area contributed by atoms with Crippen LogP contribution in [0.4, 0.5) is 11.4 Å². The number of rotatable bonds is 6. The molecule has 0 radical (unpaired) electrons. The number of aryl methyl sites for hydroxylation is 1. The topological polar surface area (TPSA) is 52.7 Å². The fourth-order valence-electron chi connectivity index (χ4n) is 3.58. The maximum atomic E-state index is 13.4. The first-order valence-electron chi connectivity index (χ1n) is 10.3. The molecule has 2 amide bonds. The van der Waals surface area contributed by atoms with Crippen molar-refractivity contribution >= 4 is 40.4 Å². The summed E-state index contributed by atoms with van der Waals surface area (Å²) in [6, 6.07) is 22.5. The van der Waals surface area contributed by atoms with E-state index in [2.05, 4.69) is 5.32 Å². The van der Waals surface area contributed by atoms with Crippen LogP contribution in [0.1, 0.15) is 16.7 Å². The smallest absolute Gasteiger partial charge is 0.278 e. The van der Waals surface area contributed by atoms with Crippen LogP contribution in [0.2, 0.25) is 5.02 Å². The zero-order valence-corrected chi connectivity index (χ0v) is 19.0. The van der Waals surface area contributed by atoms with E-state index in [1.165, 1.54) is 4.90 Å². The molecule has 3 aromatic carbocycles. The normalized spacial score (nSPS) is 13.7. The number of hydrogen-bond acceptors (Lipinski definition) is 4. The minimum Gasteiger partial charge on any atom is -0.378 e. The molecule has 0 bridgehead atoms. The summed E-state index contributed by atoms with van der Waals surface area (Å²) in [5, 5.41) is 3.76. The highest BCUT2D eigenvalue weighted by Crippen LogP contribution is 2.32. The van der Waals surface area contributed by atoms with Crippen molar-refractivity contribution in [1.29, 1.82) is 0 Å². The summed E-state index contributed by atoms with van der Waals surface area (Å²) in [5.74, 6) is -0.678. The summed E-state index contributed by atoms with van der Waals surface area (Å²) in [5.41, 5.74) is 5.04. The van der Waals surface area contributed by atoms with Gasteiger partial charge in [-0.3, -0.25) is 14.5 Å². The van der Waals surface area contributed by atoms with Gasteiger partial charge in [-0.1, -0.05) is 53.6 Å². The number of carbonyl (C=O) groups is 2. The molecular formula is C26H24ClN3O2. The summed E-state index contributed by atoms with van der Waals surface area (Å²) in [7, 11) is 3.93. The lowest BCUT2D eigenvalue weighted by molar-refractivity contribution is -0.137. The van der Waals surface area contributed by atoms with Crippen molar-refractivity contribution in [3.05, 3.63) is 100 Å². The molecule has 6 heteroatoms. The second-order valence-corrected chi connectivity index (χ2v) is 8.44. The Hall–Kier alpha value is -3.57. The Balaban J connectivity index is 1.70. The van der Waals surface area contributed by atoms with E-state index in [4.69, 9.17) is 11.6 Å². The lowest BCUT2D eigenvalue weighted by atomic mass is 10.0. The summed E-state index contributed by atoms with van der Waals surface area (Å²) in [6.07, 6.45) is 0. The minimum atomic E-state index is -0.350. The summed E-state index contributed by atoms with van der Waals surface area (Å²) in [4.78, 5) is 30.0. The Morgan fingerprint density at radius 3 is 2.06 bits per heavy atom. The molecular weight excluding hydrogens is 422 g/mol. The average Bonchev–Trinajstić information content (AvgIpc) is 3.00. The van der Waals surface area contributed by atoms with Crippen LogP contribution < -0.4 is 10.2 Å². The number of imide groups is 1. The maximum Gasteiger partial charge on any atom is 0.278 e. The Morgan fingerprint density at radius 2 is 1.47 bits per heavy atom. The molecule has 1 aliphatic rings. The van der Waals surface area contributed by atoms with Gasteiger partial charge in [0.15, 0.2) is 0 Å². The predicted octanol–water partition coefficient (Wildman–Crippen LogP) is 5.11. The van der Waals surface area contributed by atoms with E-state index >= 15 is 0 Å². The van der Waals surface area contributed by atoms with Gasteiger partial charge in [0.25, 0.3) is 11.8 Å². The van der Waals surface area contributed by atoms with Crippen molar-refractivity contribution in [2.75, 3.05) is 24.3 Å². The molecule has 5 nitrogen and oxygen atoms in total. The molecule has 0 fully saturated rings. The molecule has 0 saturated heterocycles. The van der Waals surface area contributed by atoms with Crippen LogP contribution in [0.15, 0.2) is 78.5 Å². The van der Waals surface area contributed by atoms with Gasteiger partial charge >= 0.3 is 0 Å². The lowest BCUT2D eigenvalue weighted by Gasteiger charge is -2.16. The highest BCUT2D eigenvalue weighted by Gasteiger charge is 2.39. The molecule has 1 heterocycles. The van der Waals surface area contributed by atoms with E-state index < -0.39 is 0 Å². The molecule has 162 valence electrons. The van der Waals surface area contributed by atoms with Gasteiger partial charge in [0.1, 0.15) is 5.70 Å². The molecule has 0 unspecified atom stereocenters. The van der Waals surface area contributed by atoms with E-state index in [1.807, 2.05) is 74.4 Å². The average molecular weight is 446 g/mol. The first-order chi connectivity index (χ1) is 15.3. The van der Waals surface area contributed by atoms with Crippen LogP contribution in [-0.2, 0) is 16.1 Å². The first-order valence-corrected chi connectivity index (χ1v) is 10.7. The van der Waals surface area contributed by atoms with Crippen molar-refractivity contribution in [2.45, 2.75) is 13.5 Å². The highest BCUT2D eigenvalue weighted by atomic mass is 35.5. The number of halogens is 1. The lowest BCUT2D eigenvalue weighted by Crippen LogP contribution is -2.32. The third-order valence-corrected chi connectivity index (χ3v) is 5.67. The standard InChI is InChI=1S/C26H24ClN3O2/c1-17-4-6-18(7-5-17)16-30-25(31)23(19-8-10-20(27)11-9-19)24(26(30)32)28-21-12-14-22(15-13-21)29(2)3/h4-15,28H,16H2,1-3H3. The molecule has 0 atom stereocenters. The Morgan fingerprint density at radius 1 is 0.844 bits per heavy atom.